The summed E-state index contributed by atoms with van der Waals surface area (Å²) >= 11 is 0. The van der Waals surface area contributed by atoms with Gasteiger partial charge in [0.2, 0.25) is 5.91 Å². The summed E-state index contributed by atoms with van der Waals surface area (Å²) < 4.78 is 0. The van der Waals surface area contributed by atoms with Crippen LogP contribution in [0.3, 0.4) is 0 Å². The zero-order valence-electron chi connectivity index (χ0n) is 9.99. The number of likely N-dealkylation sites (tertiary alicyclic amines) is 1. The molecule has 1 fully saturated rings. The molecule has 4 heteroatoms. The third-order valence-electron chi connectivity index (χ3n) is 3.28. The van der Waals surface area contributed by atoms with Crippen molar-refractivity contribution in [2.75, 3.05) is 20.1 Å². The van der Waals surface area contributed by atoms with E-state index in [1.807, 2.05) is 6.92 Å². The van der Waals surface area contributed by atoms with Crippen molar-refractivity contribution in [2.45, 2.75) is 38.8 Å². The van der Waals surface area contributed by atoms with Gasteiger partial charge >= 0.3 is 0 Å². The Kier molecular flexibility index (Phi) is 4.54. The van der Waals surface area contributed by atoms with E-state index in [2.05, 4.69) is 24.2 Å². The maximum Gasteiger partial charge on any atom is 0.234 e. The number of primary amides is 1. The normalized spacial score (nSPS) is 30.1. The molecule has 0 aromatic heterocycles. The fraction of sp³-hybridized carbons (Fsp3) is 0.909. The van der Waals surface area contributed by atoms with E-state index in [0.29, 0.717) is 12.0 Å². The molecular weight excluding hydrogens is 190 g/mol. The first-order valence-corrected chi connectivity index (χ1v) is 5.78. The van der Waals surface area contributed by atoms with Crippen LogP contribution >= 0.6 is 0 Å². The first-order chi connectivity index (χ1) is 7.04. The van der Waals surface area contributed by atoms with E-state index < -0.39 is 0 Å². The third kappa shape index (κ3) is 3.47. The number of carbonyl (C=O) groups is 1. The van der Waals surface area contributed by atoms with Crippen LogP contribution in [-0.2, 0) is 4.79 Å². The summed E-state index contributed by atoms with van der Waals surface area (Å²) in [5, 5.41) is 3.37. The molecule has 1 aliphatic rings. The average Bonchev–Trinajstić information content (AvgIpc) is 2.16. The molecule has 0 saturated carbocycles. The number of piperidine rings is 1. The van der Waals surface area contributed by atoms with Crippen molar-refractivity contribution in [3.8, 4) is 0 Å². The Labute approximate surface area is 92.2 Å². The van der Waals surface area contributed by atoms with Gasteiger partial charge in [0.1, 0.15) is 0 Å². The van der Waals surface area contributed by atoms with Gasteiger partial charge in [0, 0.05) is 12.6 Å². The molecule has 1 saturated heterocycles. The number of hydrogen-bond acceptors (Lipinski definition) is 3. The van der Waals surface area contributed by atoms with Gasteiger partial charge in [-0.15, -0.1) is 0 Å². The van der Waals surface area contributed by atoms with Crippen molar-refractivity contribution in [3.05, 3.63) is 0 Å². The summed E-state index contributed by atoms with van der Waals surface area (Å²) in [7, 11) is 2.14. The number of rotatable bonds is 4. The van der Waals surface area contributed by atoms with E-state index in [9.17, 15) is 4.79 Å². The van der Waals surface area contributed by atoms with Crippen molar-refractivity contribution in [1.82, 2.24) is 10.2 Å². The number of amides is 1. The number of nitrogens with two attached hydrogens (primary N) is 1. The fourth-order valence-corrected chi connectivity index (χ4v) is 2.26. The molecule has 0 spiro atoms. The number of nitrogens with one attached hydrogen (secondary N) is 1. The number of carbonyl (C=O) groups excluding carboxylic acids is 1. The van der Waals surface area contributed by atoms with E-state index in [4.69, 9.17) is 5.73 Å². The van der Waals surface area contributed by atoms with Gasteiger partial charge in [-0.1, -0.05) is 13.8 Å². The van der Waals surface area contributed by atoms with Crippen molar-refractivity contribution in [1.29, 1.82) is 0 Å². The number of nitrogens with zero attached hydrogens (tertiary/aromatic N) is 1. The van der Waals surface area contributed by atoms with Crippen LogP contribution in [0.25, 0.3) is 0 Å². The molecule has 3 unspecified atom stereocenters. The predicted molar refractivity (Wildman–Crippen MR) is 61.5 cm³/mol. The Balaban J connectivity index is 2.46. The molecule has 3 atom stereocenters. The van der Waals surface area contributed by atoms with Crippen molar-refractivity contribution in [2.24, 2.45) is 11.7 Å². The van der Waals surface area contributed by atoms with E-state index >= 15 is 0 Å². The van der Waals surface area contributed by atoms with E-state index in [1.54, 1.807) is 0 Å². The van der Waals surface area contributed by atoms with Crippen LogP contribution in [0, 0.1) is 5.92 Å². The van der Waals surface area contributed by atoms with Gasteiger partial charge in [0.25, 0.3) is 0 Å². The molecule has 0 aromatic rings. The molecule has 0 aromatic carbocycles. The second kappa shape index (κ2) is 5.47. The highest BCUT2D eigenvalue weighted by Crippen LogP contribution is 2.16. The molecule has 1 aliphatic heterocycles. The standard InChI is InChI=1S/C11H23N3O/c1-4-9(11(12)15)13-10-5-6-14(3)7-8(10)2/h8-10,13H,4-7H2,1-3H3,(H2,12,15). The van der Waals surface area contributed by atoms with Gasteiger partial charge in [0.15, 0.2) is 0 Å². The zero-order valence-corrected chi connectivity index (χ0v) is 9.99. The molecule has 0 radical (unpaired) electrons. The summed E-state index contributed by atoms with van der Waals surface area (Å²) in [5.41, 5.74) is 5.33. The highest BCUT2D eigenvalue weighted by molar-refractivity contribution is 5.79. The molecular formula is C11H23N3O. The molecule has 1 heterocycles. The summed E-state index contributed by atoms with van der Waals surface area (Å²) in [6.45, 7) is 6.40. The minimum Gasteiger partial charge on any atom is -0.368 e. The van der Waals surface area contributed by atoms with Gasteiger partial charge in [0.05, 0.1) is 6.04 Å². The van der Waals surface area contributed by atoms with Gasteiger partial charge in [-0.05, 0) is 32.4 Å². The summed E-state index contributed by atoms with van der Waals surface area (Å²) in [6, 6.07) is 0.263. The van der Waals surface area contributed by atoms with Gasteiger partial charge in [-0.25, -0.2) is 0 Å². The molecule has 15 heavy (non-hydrogen) atoms. The minimum atomic E-state index is -0.233. The maximum absolute atomic E-state index is 11.1. The second-order valence-electron chi connectivity index (χ2n) is 4.66. The third-order valence-corrected chi connectivity index (χ3v) is 3.28. The van der Waals surface area contributed by atoms with Crippen molar-refractivity contribution < 1.29 is 4.79 Å². The van der Waals surface area contributed by atoms with E-state index in [0.717, 1.165) is 25.9 Å². The number of hydrogen-bond donors (Lipinski definition) is 2. The largest absolute Gasteiger partial charge is 0.368 e. The first kappa shape index (κ1) is 12.5. The van der Waals surface area contributed by atoms with Gasteiger partial charge in [-0.2, -0.15) is 0 Å². The predicted octanol–water partition coefficient (Wildman–Crippen LogP) is 0.180. The lowest BCUT2D eigenvalue weighted by molar-refractivity contribution is -0.120. The maximum atomic E-state index is 11.1. The van der Waals surface area contributed by atoms with Crippen LogP contribution in [0.4, 0.5) is 0 Å². The molecule has 1 amide bonds. The Hall–Kier alpha value is -0.610. The quantitative estimate of drug-likeness (QED) is 0.700. The van der Waals surface area contributed by atoms with Crippen LogP contribution in [0.1, 0.15) is 26.7 Å². The SMILES string of the molecule is CCC(NC1CCN(C)CC1C)C(N)=O. The monoisotopic (exact) mass is 213 g/mol. The van der Waals surface area contributed by atoms with Crippen LogP contribution in [0.2, 0.25) is 0 Å². The minimum absolute atomic E-state index is 0.166. The fourth-order valence-electron chi connectivity index (χ4n) is 2.26. The Morgan fingerprint density at radius 2 is 2.33 bits per heavy atom. The highest BCUT2D eigenvalue weighted by atomic mass is 16.1. The topological polar surface area (TPSA) is 58.4 Å². The Morgan fingerprint density at radius 3 is 2.80 bits per heavy atom. The lowest BCUT2D eigenvalue weighted by Crippen LogP contribution is -2.53. The van der Waals surface area contributed by atoms with Crippen LogP contribution in [0.5, 0.6) is 0 Å². The average molecular weight is 213 g/mol. The zero-order chi connectivity index (χ0) is 11.4. The lowest BCUT2D eigenvalue weighted by atomic mass is 9.93. The Bertz CT molecular complexity index is 220. The van der Waals surface area contributed by atoms with Crippen LogP contribution in [0.15, 0.2) is 0 Å². The first-order valence-electron chi connectivity index (χ1n) is 5.78. The summed E-state index contributed by atoms with van der Waals surface area (Å²) in [5.74, 6) is 0.348. The van der Waals surface area contributed by atoms with Crippen LogP contribution in [-0.4, -0.2) is 43.0 Å². The molecule has 3 N–H and O–H groups in total. The molecule has 1 rings (SSSR count). The molecule has 88 valence electrons. The smallest absolute Gasteiger partial charge is 0.234 e. The lowest BCUT2D eigenvalue weighted by Gasteiger charge is -2.36. The molecule has 0 bridgehead atoms. The van der Waals surface area contributed by atoms with Crippen molar-refractivity contribution in [3.63, 3.8) is 0 Å². The van der Waals surface area contributed by atoms with Gasteiger partial charge in [-0.3, -0.25) is 4.79 Å². The van der Waals surface area contributed by atoms with E-state index in [1.165, 1.54) is 0 Å². The molecule has 4 nitrogen and oxygen atoms in total. The van der Waals surface area contributed by atoms with E-state index in [-0.39, 0.29) is 11.9 Å². The highest BCUT2D eigenvalue weighted by Gasteiger charge is 2.27. The second-order valence-corrected chi connectivity index (χ2v) is 4.66. The van der Waals surface area contributed by atoms with Crippen molar-refractivity contribution >= 4 is 5.91 Å². The summed E-state index contributed by atoms with van der Waals surface area (Å²) in [4.78, 5) is 13.5. The van der Waals surface area contributed by atoms with Gasteiger partial charge < -0.3 is 16.0 Å². The summed E-state index contributed by atoms with van der Waals surface area (Å²) in [6.07, 6.45) is 1.87. The van der Waals surface area contributed by atoms with Crippen LogP contribution < -0.4 is 11.1 Å². The Morgan fingerprint density at radius 1 is 1.67 bits per heavy atom. The molecule has 0 aliphatic carbocycles.